The highest BCUT2D eigenvalue weighted by atomic mass is 35.5. The zero-order valence-corrected chi connectivity index (χ0v) is 16.2. The minimum Gasteiger partial charge on any atom is -0.497 e. The number of carbonyl (C=O) groups is 1. The Kier molecular flexibility index (Phi) is 6.29. The van der Waals surface area contributed by atoms with E-state index in [9.17, 15) is 4.79 Å². The maximum atomic E-state index is 12.5. The quantitative estimate of drug-likeness (QED) is 0.625. The molecule has 0 atom stereocenters. The number of benzene rings is 2. The Hall–Kier alpha value is -3.32. The number of anilines is 2. The summed E-state index contributed by atoms with van der Waals surface area (Å²) in [6.45, 7) is 0.478. The molecule has 2 aromatic carbocycles. The standard InChI is InChI=1S/C20H19ClN4O3/c1-27-15-7-8-18(28-2)17(9-15)25-19(26)14-11-23-20(24-12-14)22-10-13-5-3-4-6-16(13)21/h3-9,11-12H,10H2,1-2H3,(H,25,26)(H,22,23,24). The van der Waals surface area contributed by atoms with Gasteiger partial charge >= 0.3 is 0 Å². The monoisotopic (exact) mass is 398 g/mol. The molecule has 0 aliphatic rings. The minimum absolute atomic E-state index is 0.313. The van der Waals surface area contributed by atoms with E-state index in [2.05, 4.69) is 20.6 Å². The van der Waals surface area contributed by atoms with Gasteiger partial charge in [-0.2, -0.15) is 0 Å². The van der Waals surface area contributed by atoms with Crippen LogP contribution in [0.25, 0.3) is 0 Å². The van der Waals surface area contributed by atoms with E-state index in [0.717, 1.165) is 5.56 Å². The zero-order valence-electron chi connectivity index (χ0n) is 15.4. The van der Waals surface area contributed by atoms with E-state index < -0.39 is 0 Å². The molecular weight excluding hydrogens is 380 g/mol. The lowest BCUT2D eigenvalue weighted by Crippen LogP contribution is -2.14. The third kappa shape index (κ3) is 4.69. The molecule has 0 spiro atoms. The summed E-state index contributed by atoms with van der Waals surface area (Å²) < 4.78 is 10.4. The SMILES string of the molecule is COc1ccc(OC)c(NC(=O)c2cnc(NCc3ccccc3Cl)nc2)c1. The van der Waals surface area contributed by atoms with Crippen LogP contribution in [0.2, 0.25) is 5.02 Å². The number of aromatic nitrogens is 2. The van der Waals surface area contributed by atoms with Crippen LogP contribution < -0.4 is 20.1 Å². The number of ether oxygens (including phenoxy) is 2. The van der Waals surface area contributed by atoms with Gasteiger partial charge in [0.05, 0.1) is 25.5 Å². The summed E-state index contributed by atoms with van der Waals surface area (Å²) in [7, 11) is 3.08. The molecule has 3 aromatic rings. The smallest absolute Gasteiger partial charge is 0.258 e. The van der Waals surface area contributed by atoms with Crippen LogP contribution in [0.4, 0.5) is 11.6 Å². The summed E-state index contributed by atoms with van der Waals surface area (Å²) in [5.41, 5.74) is 1.74. The Labute approximate surface area is 167 Å². The van der Waals surface area contributed by atoms with Gasteiger partial charge in [-0.05, 0) is 23.8 Å². The lowest BCUT2D eigenvalue weighted by Gasteiger charge is -2.12. The van der Waals surface area contributed by atoms with E-state index in [0.29, 0.717) is 40.3 Å². The molecule has 1 amide bonds. The van der Waals surface area contributed by atoms with Crippen molar-refractivity contribution in [1.82, 2.24) is 9.97 Å². The molecule has 0 aliphatic heterocycles. The average Bonchev–Trinajstić information content (AvgIpc) is 2.73. The lowest BCUT2D eigenvalue weighted by atomic mass is 10.2. The fourth-order valence-corrected chi connectivity index (χ4v) is 2.66. The van der Waals surface area contributed by atoms with Crippen molar-refractivity contribution in [3.05, 3.63) is 71.0 Å². The number of hydrogen-bond acceptors (Lipinski definition) is 6. The van der Waals surface area contributed by atoms with Gasteiger partial charge in [0.15, 0.2) is 0 Å². The van der Waals surface area contributed by atoms with Crippen LogP contribution in [-0.2, 0) is 6.54 Å². The van der Waals surface area contributed by atoms with Gasteiger partial charge in [0.1, 0.15) is 11.5 Å². The summed E-state index contributed by atoms with van der Waals surface area (Å²) in [6.07, 6.45) is 2.90. The van der Waals surface area contributed by atoms with E-state index in [-0.39, 0.29) is 5.91 Å². The maximum Gasteiger partial charge on any atom is 0.258 e. The van der Waals surface area contributed by atoms with Gasteiger partial charge in [-0.3, -0.25) is 4.79 Å². The molecule has 0 bridgehead atoms. The summed E-state index contributed by atoms with van der Waals surface area (Å²) in [6, 6.07) is 12.6. The number of nitrogens with zero attached hydrogens (tertiary/aromatic N) is 2. The van der Waals surface area contributed by atoms with Crippen molar-refractivity contribution in [1.29, 1.82) is 0 Å². The van der Waals surface area contributed by atoms with Crippen LogP contribution in [0.15, 0.2) is 54.9 Å². The molecule has 3 rings (SSSR count). The van der Waals surface area contributed by atoms with Gasteiger partial charge in [0.2, 0.25) is 5.95 Å². The second-order valence-electron chi connectivity index (χ2n) is 5.76. The Bertz CT molecular complexity index is 964. The Balaban J connectivity index is 1.66. The van der Waals surface area contributed by atoms with Crippen molar-refractivity contribution in [3.8, 4) is 11.5 Å². The van der Waals surface area contributed by atoms with Crippen LogP contribution in [0, 0.1) is 0 Å². The molecule has 0 saturated heterocycles. The second kappa shape index (κ2) is 9.05. The van der Waals surface area contributed by atoms with Crippen LogP contribution in [-0.4, -0.2) is 30.1 Å². The molecule has 1 heterocycles. The minimum atomic E-state index is -0.357. The summed E-state index contributed by atoms with van der Waals surface area (Å²) in [5, 5.41) is 6.52. The molecular formula is C20H19ClN4O3. The molecule has 144 valence electrons. The molecule has 2 N–H and O–H groups in total. The molecule has 8 heteroatoms. The number of nitrogens with one attached hydrogen (secondary N) is 2. The van der Waals surface area contributed by atoms with Gasteiger partial charge in [0, 0.05) is 30.0 Å². The summed E-state index contributed by atoms with van der Waals surface area (Å²) >= 11 is 6.13. The first kappa shape index (κ1) is 19.4. The van der Waals surface area contributed by atoms with E-state index >= 15 is 0 Å². The number of halogens is 1. The van der Waals surface area contributed by atoms with E-state index in [1.165, 1.54) is 19.5 Å². The maximum absolute atomic E-state index is 12.5. The summed E-state index contributed by atoms with van der Waals surface area (Å²) in [5.74, 6) is 1.17. The van der Waals surface area contributed by atoms with Crippen molar-refractivity contribution in [2.24, 2.45) is 0 Å². The summed E-state index contributed by atoms with van der Waals surface area (Å²) in [4.78, 5) is 20.9. The molecule has 28 heavy (non-hydrogen) atoms. The number of rotatable bonds is 7. The largest absolute Gasteiger partial charge is 0.497 e. The third-order valence-electron chi connectivity index (χ3n) is 3.96. The van der Waals surface area contributed by atoms with Gasteiger partial charge in [-0.15, -0.1) is 0 Å². The molecule has 0 aliphatic carbocycles. The number of hydrogen-bond donors (Lipinski definition) is 2. The molecule has 0 fully saturated rings. The van der Waals surface area contributed by atoms with Crippen LogP contribution in [0.5, 0.6) is 11.5 Å². The van der Waals surface area contributed by atoms with Gasteiger partial charge < -0.3 is 20.1 Å². The van der Waals surface area contributed by atoms with E-state index in [4.69, 9.17) is 21.1 Å². The normalized spacial score (nSPS) is 10.2. The van der Waals surface area contributed by atoms with Crippen molar-refractivity contribution in [2.75, 3.05) is 24.9 Å². The Morgan fingerprint density at radius 1 is 1.07 bits per heavy atom. The Morgan fingerprint density at radius 3 is 2.50 bits per heavy atom. The predicted molar refractivity (Wildman–Crippen MR) is 108 cm³/mol. The van der Waals surface area contributed by atoms with Crippen LogP contribution in [0.3, 0.4) is 0 Å². The number of methoxy groups -OCH3 is 2. The first-order valence-electron chi connectivity index (χ1n) is 8.43. The average molecular weight is 399 g/mol. The van der Waals surface area contributed by atoms with Gasteiger partial charge in [-0.25, -0.2) is 9.97 Å². The van der Waals surface area contributed by atoms with E-state index in [1.54, 1.807) is 25.3 Å². The first-order chi connectivity index (χ1) is 13.6. The molecule has 0 radical (unpaired) electrons. The van der Waals surface area contributed by atoms with Crippen molar-refractivity contribution < 1.29 is 14.3 Å². The fourth-order valence-electron chi connectivity index (χ4n) is 2.46. The van der Waals surface area contributed by atoms with Crippen LogP contribution >= 0.6 is 11.6 Å². The fraction of sp³-hybridized carbons (Fsp3) is 0.150. The highest BCUT2D eigenvalue weighted by Gasteiger charge is 2.12. The molecule has 7 nitrogen and oxygen atoms in total. The first-order valence-corrected chi connectivity index (χ1v) is 8.81. The molecule has 1 aromatic heterocycles. The molecule has 0 saturated carbocycles. The van der Waals surface area contributed by atoms with Crippen LogP contribution in [0.1, 0.15) is 15.9 Å². The van der Waals surface area contributed by atoms with E-state index in [1.807, 2.05) is 24.3 Å². The van der Waals surface area contributed by atoms with Crippen molar-refractivity contribution in [2.45, 2.75) is 6.54 Å². The topological polar surface area (TPSA) is 85.4 Å². The van der Waals surface area contributed by atoms with Crippen molar-refractivity contribution >= 4 is 29.1 Å². The van der Waals surface area contributed by atoms with Gasteiger partial charge in [-0.1, -0.05) is 29.8 Å². The molecule has 0 unspecified atom stereocenters. The predicted octanol–water partition coefficient (Wildman–Crippen LogP) is 4.01. The van der Waals surface area contributed by atoms with Gasteiger partial charge in [0.25, 0.3) is 5.91 Å². The number of amides is 1. The highest BCUT2D eigenvalue weighted by molar-refractivity contribution is 6.31. The third-order valence-corrected chi connectivity index (χ3v) is 4.33. The second-order valence-corrected chi connectivity index (χ2v) is 6.17. The Morgan fingerprint density at radius 2 is 1.82 bits per heavy atom. The zero-order chi connectivity index (χ0) is 19.9. The number of carbonyl (C=O) groups excluding carboxylic acids is 1. The van der Waals surface area contributed by atoms with Crippen molar-refractivity contribution in [3.63, 3.8) is 0 Å². The lowest BCUT2D eigenvalue weighted by molar-refractivity contribution is 0.102. The highest BCUT2D eigenvalue weighted by Crippen LogP contribution is 2.29.